The molecule has 0 spiro atoms. The molecule has 176 valence electrons. The summed E-state index contributed by atoms with van der Waals surface area (Å²) in [5.41, 5.74) is -3.88. The van der Waals surface area contributed by atoms with E-state index in [2.05, 4.69) is 17.6 Å². The third-order valence-electron chi connectivity index (χ3n) is 6.03. The van der Waals surface area contributed by atoms with E-state index in [1.807, 2.05) is 6.92 Å². The highest BCUT2D eigenvalue weighted by molar-refractivity contribution is 7.80. The fourth-order valence-corrected chi connectivity index (χ4v) is 4.52. The molecule has 6 atom stereocenters. The zero-order chi connectivity index (χ0) is 24.6. The number of aryl methyl sites for hydroxylation is 1. The summed E-state index contributed by atoms with van der Waals surface area (Å²) in [5.74, 6) is -4.74. The van der Waals surface area contributed by atoms with Crippen LogP contribution in [-0.4, -0.2) is 77.8 Å². The standard InChI is InChI=1S/C21H28N2O8S/c1-5-13-7-6-8-14(23-13)9-15(27)16(28)17-20(29,11(3)25)21(30,12(4)26)19(22,10(2)24)18(32)31-17/h6-8,15,17-18,27,29-30,32H,5,9,22H2,1-4H3/t15?,17-,18+,19+,20-,21-/m1/s1. The molecule has 0 aliphatic carbocycles. The number of ether oxygens (including phenoxy) is 1. The molecule has 0 radical (unpaired) electrons. The van der Waals surface area contributed by atoms with Gasteiger partial charge in [-0.2, -0.15) is 0 Å². The van der Waals surface area contributed by atoms with Crippen molar-refractivity contribution in [2.75, 3.05) is 0 Å². The van der Waals surface area contributed by atoms with E-state index in [1.54, 1.807) is 18.2 Å². The van der Waals surface area contributed by atoms with Crippen molar-refractivity contribution >= 4 is 35.8 Å². The van der Waals surface area contributed by atoms with Gasteiger partial charge in [0.15, 0.2) is 40.4 Å². The number of ketones is 4. The molecule has 0 bridgehead atoms. The van der Waals surface area contributed by atoms with Crippen molar-refractivity contribution in [3.63, 3.8) is 0 Å². The molecule has 2 heterocycles. The van der Waals surface area contributed by atoms with Crippen LogP contribution in [0.15, 0.2) is 18.2 Å². The Morgan fingerprint density at radius 1 is 1.12 bits per heavy atom. The van der Waals surface area contributed by atoms with Crippen LogP contribution in [-0.2, 0) is 36.8 Å². The molecule has 1 unspecified atom stereocenters. The van der Waals surface area contributed by atoms with E-state index in [0.717, 1.165) is 20.8 Å². The Balaban J connectivity index is 2.57. The predicted molar refractivity (Wildman–Crippen MR) is 115 cm³/mol. The van der Waals surface area contributed by atoms with Gasteiger partial charge in [0.05, 0.1) is 0 Å². The molecule has 1 saturated heterocycles. The Labute approximate surface area is 190 Å². The van der Waals surface area contributed by atoms with E-state index >= 15 is 0 Å². The Kier molecular flexibility index (Phi) is 7.45. The molecule has 1 aromatic rings. The summed E-state index contributed by atoms with van der Waals surface area (Å²) in [6.07, 6.45) is -3.75. The predicted octanol–water partition coefficient (Wildman–Crippen LogP) is -1.30. The number of carbonyl (C=O) groups excluding carboxylic acids is 4. The summed E-state index contributed by atoms with van der Waals surface area (Å²) in [6, 6.07) is 5.02. The van der Waals surface area contributed by atoms with Gasteiger partial charge in [-0.1, -0.05) is 13.0 Å². The number of nitrogens with two attached hydrogens (primary N) is 1. The number of aliphatic hydroxyl groups is 3. The van der Waals surface area contributed by atoms with Crippen molar-refractivity contribution in [3.8, 4) is 0 Å². The molecule has 2 rings (SSSR count). The van der Waals surface area contributed by atoms with Crippen LogP contribution in [0.25, 0.3) is 0 Å². The molecule has 1 aliphatic rings. The van der Waals surface area contributed by atoms with Gasteiger partial charge in [-0.25, -0.2) is 0 Å². The molecule has 0 aromatic carbocycles. The van der Waals surface area contributed by atoms with Gasteiger partial charge in [-0.15, -0.1) is 12.6 Å². The second kappa shape index (κ2) is 9.08. The highest BCUT2D eigenvalue weighted by atomic mass is 32.1. The van der Waals surface area contributed by atoms with Crippen LogP contribution in [0.3, 0.4) is 0 Å². The number of Topliss-reactive ketones (excluding diaryl/α,β-unsaturated/α-hetero) is 4. The fourth-order valence-electron chi connectivity index (χ4n) is 4.03. The topological polar surface area (TPSA) is 177 Å². The van der Waals surface area contributed by atoms with E-state index in [9.17, 15) is 34.5 Å². The summed E-state index contributed by atoms with van der Waals surface area (Å²) < 4.78 is 5.36. The minimum absolute atomic E-state index is 0.295. The first-order valence-electron chi connectivity index (χ1n) is 9.96. The maximum atomic E-state index is 13.1. The lowest BCUT2D eigenvalue weighted by Gasteiger charge is -2.57. The van der Waals surface area contributed by atoms with Crippen LogP contribution in [0.2, 0.25) is 0 Å². The first-order chi connectivity index (χ1) is 14.7. The van der Waals surface area contributed by atoms with Crippen molar-refractivity contribution in [1.82, 2.24) is 4.98 Å². The maximum absolute atomic E-state index is 13.1. The summed E-state index contributed by atoms with van der Waals surface area (Å²) >= 11 is 4.03. The van der Waals surface area contributed by atoms with Crippen molar-refractivity contribution < 1.29 is 39.2 Å². The average molecular weight is 469 g/mol. The van der Waals surface area contributed by atoms with Gasteiger partial charge < -0.3 is 25.8 Å². The quantitative estimate of drug-likeness (QED) is 0.288. The van der Waals surface area contributed by atoms with E-state index in [0.29, 0.717) is 17.8 Å². The number of hydrogen-bond acceptors (Lipinski definition) is 11. The Bertz CT molecular complexity index is 955. The Morgan fingerprint density at radius 3 is 2.16 bits per heavy atom. The van der Waals surface area contributed by atoms with Gasteiger partial charge >= 0.3 is 0 Å². The fraction of sp³-hybridized carbons (Fsp3) is 0.571. The minimum atomic E-state index is -3.27. The van der Waals surface area contributed by atoms with E-state index in [4.69, 9.17) is 10.5 Å². The van der Waals surface area contributed by atoms with Crippen molar-refractivity contribution in [3.05, 3.63) is 29.6 Å². The molecular formula is C21H28N2O8S. The highest BCUT2D eigenvalue weighted by Crippen LogP contribution is 2.46. The smallest absolute Gasteiger partial charge is 0.194 e. The number of thiol groups is 1. The summed E-state index contributed by atoms with van der Waals surface area (Å²) in [6.45, 7) is 4.41. The maximum Gasteiger partial charge on any atom is 0.194 e. The zero-order valence-corrected chi connectivity index (χ0v) is 19.1. The molecule has 11 heteroatoms. The lowest BCUT2D eigenvalue weighted by molar-refractivity contribution is -0.261. The number of aliphatic hydroxyl groups excluding tert-OH is 1. The van der Waals surface area contributed by atoms with Crippen molar-refractivity contribution in [2.24, 2.45) is 5.73 Å². The van der Waals surface area contributed by atoms with Crippen LogP contribution in [0, 0.1) is 0 Å². The SMILES string of the molecule is CCc1cccc(CC(O)C(=O)[C@H]2O[C@@H](S)[C@@](N)(C(C)=O)[C@](O)(C(C)=O)[C@@]2(O)C(C)=O)n1. The molecule has 1 aliphatic heterocycles. The molecule has 5 N–H and O–H groups in total. The van der Waals surface area contributed by atoms with Crippen LogP contribution in [0.4, 0.5) is 0 Å². The number of pyridine rings is 1. The minimum Gasteiger partial charge on any atom is -0.385 e. The summed E-state index contributed by atoms with van der Waals surface area (Å²) in [4.78, 5) is 54.8. The van der Waals surface area contributed by atoms with Crippen LogP contribution in [0.1, 0.15) is 39.1 Å². The Hall–Kier alpha value is -2.02. The van der Waals surface area contributed by atoms with Crippen molar-refractivity contribution in [1.29, 1.82) is 0 Å². The summed E-state index contributed by atoms with van der Waals surface area (Å²) in [7, 11) is 0. The van der Waals surface area contributed by atoms with Gasteiger partial charge in [-0.05, 0) is 39.3 Å². The van der Waals surface area contributed by atoms with Gasteiger partial charge in [0, 0.05) is 17.8 Å². The van der Waals surface area contributed by atoms with Gasteiger partial charge in [-0.3, -0.25) is 24.2 Å². The third-order valence-corrected chi connectivity index (χ3v) is 6.56. The third kappa shape index (κ3) is 3.72. The molecule has 32 heavy (non-hydrogen) atoms. The van der Waals surface area contributed by atoms with Crippen LogP contribution < -0.4 is 5.73 Å². The van der Waals surface area contributed by atoms with Gasteiger partial charge in [0.1, 0.15) is 17.1 Å². The number of rotatable bonds is 8. The van der Waals surface area contributed by atoms with Crippen LogP contribution >= 0.6 is 12.6 Å². The molecule has 0 amide bonds. The van der Waals surface area contributed by atoms with E-state index in [-0.39, 0.29) is 6.42 Å². The summed E-state index contributed by atoms with van der Waals surface area (Å²) in [5, 5.41) is 33.2. The van der Waals surface area contributed by atoms with Gasteiger partial charge in [0.25, 0.3) is 0 Å². The molecule has 0 saturated carbocycles. The van der Waals surface area contributed by atoms with E-state index in [1.165, 1.54) is 0 Å². The molecule has 1 fully saturated rings. The molecule has 1 aromatic heterocycles. The number of carbonyl (C=O) groups is 4. The monoisotopic (exact) mass is 468 g/mol. The largest absolute Gasteiger partial charge is 0.385 e. The molecule has 10 nitrogen and oxygen atoms in total. The second-order valence-electron chi connectivity index (χ2n) is 7.98. The number of aromatic nitrogens is 1. The van der Waals surface area contributed by atoms with Crippen molar-refractivity contribution in [2.45, 2.75) is 74.9 Å². The Morgan fingerprint density at radius 2 is 1.69 bits per heavy atom. The first-order valence-corrected chi connectivity index (χ1v) is 10.5. The van der Waals surface area contributed by atoms with Gasteiger partial charge in [0.2, 0.25) is 0 Å². The lowest BCUT2D eigenvalue weighted by Crippen LogP contribution is -2.88. The lowest BCUT2D eigenvalue weighted by atomic mass is 9.59. The molecular weight excluding hydrogens is 440 g/mol. The first kappa shape index (κ1) is 26.2. The van der Waals surface area contributed by atoms with Crippen LogP contribution in [0.5, 0.6) is 0 Å². The highest BCUT2D eigenvalue weighted by Gasteiger charge is 2.77. The average Bonchev–Trinajstić information content (AvgIpc) is 2.73. The number of hydrogen-bond donors (Lipinski definition) is 5. The zero-order valence-electron chi connectivity index (χ0n) is 18.2. The normalized spacial score (nSPS) is 33.4. The second-order valence-corrected chi connectivity index (χ2v) is 8.45. The van der Waals surface area contributed by atoms with E-state index < -0.39 is 57.5 Å². The number of nitrogens with zero attached hydrogens (tertiary/aromatic N) is 1.